The van der Waals surface area contributed by atoms with E-state index in [2.05, 4.69) is 4.98 Å². The largest absolute Gasteiger partial charge is 0.260 e. The molecule has 0 atom stereocenters. The zero-order chi connectivity index (χ0) is 9.14. The average Bonchev–Trinajstić information content (AvgIpc) is 2.04. The second-order valence-electron chi connectivity index (χ2n) is 2.86. The molecule has 0 aliphatic carbocycles. The maximum Gasteiger partial charge on any atom is 0.102 e. The first-order valence-electron chi connectivity index (χ1n) is 3.70. The van der Waals surface area contributed by atoms with Crippen molar-refractivity contribution in [2.24, 2.45) is 0 Å². The van der Waals surface area contributed by atoms with Gasteiger partial charge in [0, 0.05) is 11.9 Å². The van der Waals surface area contributed by atoms with Gasteiger partial charge in [-0.15, -0.1) is 0 Å². The highest BCUT2D eigenvalue weighted by Gasteiger charge is 2.04. The van der Waals surface area contributed by atoms with E-state index in [-0.39, 0.29) is 0 Å². The van der Waals surface area contributed by atoms with Crippen LogP contribution < -0.4 is 0 Å². The maximum atomic E-state index is 8.57. The summed E-state index contributed by atoms with van der Waals surface area (Å²) >= 11 is 5.81. The van der Waals surface area contributed by atoms with Crippen LogP contribution in [-0.2, 0) is 0 Å². The first kappa shape index (κ1) is 9.02. The summed E-state index contributed by atoms with van der Waals surface area (Å²) in [6, 6.07) is 3.71. The molecule has 0 aliphatic heterocycles. The zero-order valence-corrected chi connectivity index (χ0v) is 7.76. The predicted molar refractivity (Wildman–Crippen MR) is 48.1 cm³/mol. The average molecular weight is 181 g/mol. The summed E-state index contributed by atoms with van der Waals surface area (Å²) in [5.41, 5.74) is 1.35. The lowest BCUT2D eigenvalue weighted by Crippen LogP contribution is -1.93. The number of pyridine rings is 1. The smallest absolute Gasteiger partial charge is 0.102 e. The summed E-state index contributed by atoms with van der Waals surface area (Å²) in [6.45, 7) is 4.06. The molecule has 0 saturated carbocycles. The summed E-state index contributed by atoms with van der Waals surface area (Å²) in [5, 5.41) is 9.06. The van der Waals surface area contributed by atoms with Crippen molar-refractivity contribution in [3.05, 3.63) is 28.5 Å². The van der Waals surface area contributed by atoms with Crippen molar-refractivity contribution in [1.29, 1.82) is 5.26 Å². The molecule has 62 valence electrons. The van der Waals surface area contributed by atoms with Crippen LogP contribution in [-0.4, -0.2) is 4.98 Å². The summed E-state index contributed by atoms with van der Waals surface area (Å²) < 4.78 is 0. The summed E-state index contributed by atoms with van der Waals surface area (Å²) in [7, 11) is 0. The second-order valence-corrected chi connectivity index (χ2v) is 3.26. The number of halogens is 1. The van der Waals surface area contributed by atoms with Gasteiger partial charge < -0.3 is 0 Å². The molecule has 1 aromatic rings. The molecule has 3 heteroatoms. The van der Waals surface area contributed by atoms with Crippen molar-refractivity contribution in [2.45, 2.75) is 19.8 Å². The standard InChI is InChI=1S/C9H9ClN2/c1-6(2)9-3-8(10)7(4-11)5-12-9/h3,5-6H,1-2H3. The lowest BCUT2D eigenvalue weighted by Gasteiger charge is -2.03. The molecule has 1 aromatic heterocycles. The van der Waals surface area contributed by atoms with E-state index in [1.165, 1.54) is 6.20 Å². The van der Waals surface area contributed by atoms with Crippen LogP contribution >= 0.6 is 11.6 Å². The lowest BCUT2D eigenvalue weighted by atomic mass is 10.1. The quantitative estimate of drug-likeness (QED) is 0.667. The van der Waals surface area contributed by atoms with Crippen LogP contribution in [0.4, 0.5) is 0 Å². The van der Waals surface area contributed by atoms with Crippen molar-refractivity contribution in [3.8, 4) is 6.07 Å². The fraction of sp³-hybridized carbons (Fsp3) is 0.333. The molecule has 0 aromatic carbocycles. The molecule has 0 N–H and O–H groups in total. The van der Waals surface area contributed by atoms with Crippen LogP contribution in [0.1, 0.15) is 31.0 Å². The number of nitriles is 1. The van der Waals surface area contributed by atoms with Gasteiger partial charge in [-0.3, -0.25) is 4.98 Å². The normalized spacial score (nSPS) is 9.92. The van der Waals surface area contributed by atoms with E-state index in [0.717, 1.165) is 5.69 Å². The van der Waals surface area contributed by atoms with Gasteiger partial charge in [0.2, 0.25) is 0 Å². The molecule has 2 nitrogen and oxygen atoms in total. The van der Waals surface area contributed by atoms with Crippen LogP contribution in [0.5, 0.6) is 0 Å². The molecular formula is C9H9ClN2. The van der Waals surface area contributed by atoms with E-state index in [0.29, 0.717) is 16.5 Å². The van der Waals surface area contributed by atoms with Crippen LogP contribution in [0.3, 0.4) is 0 Å². The Morgan fingerprint density at radius 1 is 1.58 bits per heavy atom. The van der Waals surface area contributed by atoms with Gasteiger partial charge in [-0.25, -0.2) is 0 Å². The SMILES string of the molecule is CC(C)c1cc(Cl)c(C#N)cn1. The third-order valence-electron chi connectivity index (χ3n) is 1.59. The summed E-state index contributed by atoms with van der Waals surface area (Å²) in [4.78, 5) is 4.10. The Hall–Kier alpha value is -1.07. The summed E-state index contributed by atoms with van der Waals surface area (Å²) in [5.74, 6) is 0.343. The number of hydrogen-bond acceptors (Lipinski definition) is 2. The lowest BCUT2D eigenvalue weighted by molar-refractivity contribution is 0.822. The first-order chi connectivity index (χ1) is 5.65. The Balaban J connectivity index is 3.12. The predicted octanol–water partition coefficient (Wildman–Crippen LogP) is 2.73. The van der Waals surface area contributed by atoms with Gasteiger partial charge in [-0.1, -0.05) is 25.4 Å². The van der Waals surface area contributed by atoms with Crippen LogP contribution in [0.15, 0.2) is 12.3 Å². The monoisotopic (exact) mass is 180 g/mol. The van der Waals surface area contributed by atoms with E-state index < -0.39 is 0 Å². The van der Waals surface area contributed by atoms with Crippen molar-refractivity contribution >= 4 is 11.6 Å². The van der Waals surface area contributed by atoms with Crippen molar-refractivity contribution < 1.29 is 0 Å². The van der Waals surface area contributed by atoms with E-state index in [1.54, 1.807) is 6.07 Å². The number of hydrogen-bond donors (Lipinski definition) is 0. The number of rotatable bonds is 1. The van der Waals surface area contributed by atoms with Crippen LogP contribution in [0, 0.1) is 11.3 Å². The Morgan fingerprint density at radius 3 is 2.67 bits per heavy atom. The molecule has 0 radical (unpaired) electrons. The van der Waals surface area contributed by atoms with Gasteiger partial charge in [0.05, 0.1) is 10.6 Å². The van der Waals surface area contributed by atoms with E-state index in [9.17, 15) is 0 Å². The number of aromatic nitrogens is 1. The Labute approximate surface area is 76.8 Å². The molecule has 12 heavy (non-hydrogen) atoms. The topological polar surface area (TPSA) is 36.7 Å². The summed E-state index contributed by atoms with van der Waals surface area (Å²) in [6.07, 6.45) is 1.51. The molecule has 1 heterocycles. The second kappa shape index (κ2) is 3.55. The molecule has 0 saturated heterocycles. The van der Waals surface area contributed by atoms with Crippen molar-refractivity contribution in [1.82, 2.24) is 4.98 Å². The third kappa shape index (κ3) is 1.75. The molecule has 0 aliphatic rings. The molecule has 0 amide bonds. The van der Waals surface area contributed by atoms with Crippen LogP contribution in [0.25, 0.3) is 0 Å². The first-order valence-corrected chi connectivity index (χ1v) is 4.08. The van der Waals surface area contributed by atoms with Crippen LogP contribution in [0.2, 0.25) is 5.02 Å². The van der Waals surface area contributed by atoms with Crippen molar-refractivity contribution in [2.75, 3.05) is 0 Å². The van der Waals surface area contributed by atoms with Gasteiger partial charge >= 0.3 is 0 Å². The molecule has 1 rings (SSSR count). The highest BCUT2D eigenvalue weighted by molar-refractivity contribution is 6.31. The van der Waals surface area contributed by atoms with Crippen molar-refractivity contribution in [3.63, 3.8) is 0 Å². The molecular weight excluding hydrogens is 172 g/mol. The Kier molecular flexibility index (Phi) is 2.67. The van der Waals surface area contributed by atoms with Gasteiger partial charge in [0.15, 0.2) is 0 Å². The van der Waals surface area contributed by atoms with E-state index >= 15 is 0 Å². The molecule has 0 bridgehead atoms. The minimum atomic E-state index is 0.343. The van der Waals surface area contributed by atoms with E-state index in [1.807, 2.05) is 19.9 Å². The highest BCUT2D eigenvalue weighted by atomic mass is 35.5. The Morgan fingerprint density at radius 2 is 2.25 bits per heavy atom. The fourth-order valence-electron chi connectivity index (χ4n) is 0.844. The molecule has 0 fully saturated rings. The maximum absolute atomic E-state index is 8.57. The highest BCUT2D eigenvalue weighted by Crippen LogP contribution is 2.19. The third-order valence-corrected chi connectivity index (χ3v) is 1.90. The van der Waals surface area contributed by atoms with Gasteiger partial charge in [-0.05, 0) is 12.0 Å². The molecule has 0 unspecified atom stereocenters. The van der Waals surface area contributed by atoms with Gasteiger partial charge in [0.1, 0.15) is 6.07 Å². The van der Waals surface area contributed by atoms with E-state index in [4.69, 9.17) is 16.9 Å². The zero-order valence-electron chi connectivity index (χ0n) is 7.00. The van der Waals surface area contributed by atoms with Gasteiger partial charge in [-0.2, -0.15) is 5.26 Å². The fourth-order valence-corrected chi connectivity index (χ4v) is 1.05. The Bertz CT molecular complexity index is 326. The molecule has 0 spiro atoms. The minimum absolute atomic E-state index is 0.343. The number of nitrogens with zero attached hydrogens (tertiary/aromatic N) is 2. The minimum Gasteiger partial charge on any atom is -0.260 e. The van der Waals surface area contributed by atoms with Gasteiger partial charge in [0.25, 0.3) is 0 Å².